The van der Waals surface area contributed by atoms with Gasteiger partial charge in [-0.1, -0.05) is 11.6 Å². The Kier molecular flexibility index (Phi) is 4.03. The molecular formula is C9H9ClFNO4. The summed E-state index contributed by atoms with van der Waals surface area (Å²) in [6, 6.07) is 1.84. The first-order valence-corrected chi connectivity index (χ1v) is 4.74. The third-order valence-corrected chi connectivity index (χ3v) is 2.05. The Labute approximate surface area is 95.6 Å². The average Bonchev–Trinajstić information content (AvgIpc) is 2.19. The van der Waals surface area contributed by atoms with E-state index in [9.17, 15) is 14.5 Å². The molecule has 0 bridgehead atoms. The van der Waals surface area contributed by atoms with E-state index < -0.39 is 27.6 Å². The van der Waals surface area contributed by atoms with Gasteiger partial charge in [-0.2, -0.15) is 0 Å². The van der Waals surface area contributed by atoms with Crippen LogP contribution in [0.5, 0.6) is 5.75 Å². The van der Waals surface area contributed by atoms with Gasteiger partial charge in [0.05, 0.1) is 11.0 Å². The lowest BCUT2D eigenvalue weighted by Gasteiger charge is -2.10. The number of nitro benzene ring substituents is 1. The van der Waals surface area contributed by atoms with E-state index in [1.807, 2.05) is 0 Å². The smallest absolute Gasteiger partial charge is 0.312 e. The Morgan fingerprint density at radius 1 is 1.69 bits per heavy atom. The van der Waals surface area contributed by atoms with Crippen LogP contribution in [0.15, 0.2) is 12.1 Å². The molecule has 0 heterocycles. The molecular weight excluding hydrogens is 241 g/mol. The normalized spacial score (nSPS) is 12.2. The highest BCUT2D eigenvalue weighted by molar-refractivity contribution is 6.32. The van der Waals surface area contributed by atoms with E-state index in [2.05, 4.69) is 0 Å². The molecule has 0 aromatic heterocycles. The number of hydrogen-bond donors (Lipinski definition) is 1. The summed E-state index contributed by atoms with van der Waals surface area (Å²) in [5, 5.41) is 19.1. The molecule has 0 aliphatic carbocycles. The zero-order valence-corrected chi connectivity index (χ0v) is 9.07. The van der Waals surface area contributed by atoms with Crippen molar-refractivity contribution in [3.8, 4) is 5.75 Å². The number of aliphatic hydroxyl groups is 1. The lowest BCUT2D eigenvalue weighted by molar-refractivity contribution is -0.386. The molecule has 88 valence electrons. The molecule has 0 saturated heterocycles. The van der Waals surface area contributed by atoms with Gasteiger partial charge < -0.3 is 9.84 Å². The second kappa shape index (κ2) is 5.09. The summed E-state index contributed by atoms with van der Waals surface area (Å²) in [4.78, 5) is 9.88. The molecule has 0 aliphatic heterocycles. The van der Waals surface area contributed by atoms with E-state index in [-0.39, 0.29) is 12.4 Å². The SMILES string of the molecule is CC(O)COc1c([N+](=O)[O-])ccc(F)c1Cl. The van der Waals surface area contributed by atoms with Gasteiger partial charge in [0, 0.05) is 6.07 Å². The van der Waals surface area contributed by atoms with E-state index in [1.165, 1.54) is 6.92 Å². The highest BCUT2D eigenvalue weighted by atomic mass is 35.5. The van der Waals surface area contributed by atoms with Crippen LogP contribution in [0.25, 0.3) is 0 Å². The third kappa shape index (κ3) is 2.80. The quantitative estimate of drug-likeness (QED) is 0.655. The van der Waals surface area contributed by atoms with E-state index in [1.54, 1.807) is 0 Å². The van der Waals surface area contributed by atoms with Crippen LogP contribution < -0.4 is 4.74 Å². The minimum absolute atomic E-state index is 0.204. The van der Waals surface area contributed by atoms with Crippen molar-refractivity contribution < 1.29 is 19.2 Å². The summed E-state index contributed by atoms with van der Waals surface area (Å²) in [5.74, 6) is -1.18. The molecule has 16 heavy (non-hydrogen) atoms. The lowest BCUT2D eigenvalue weighted by Crippen LogP contribution is -2.14. The molecule has 0 radical (unpaired) electrons. The number of nitro groups is 1. The van der Waals surface area contributed by atoms with Crippen LogP contribution in [0.4, 0.5) is 10.1 Å². The zero-order valence-electron chi connectivity index (χ0n) is 8.31. The minimum atomic E-state index is -0.834. The van der Waals surface area contributed by atoms with Crippen LogP contribution in [0.3, 0.4) is 0 Å². The van der Waals surface area contributed by atoms with Crippen LogP contribution in [-0.4, -0.2) is 22.7 Å². The van der Waals surface area contributed by atoms with Gasteiger partial charge >= 0.3 is 5.69 Å². The van der Waals surface area contributed by atoms with Gasteiger partial charge in [0.15, 0.2) is 0 Å². The first kappa shape index (κ1) is 12.7. The topological polar surface area (TPSA) is 72.6 Å². The predicted octanol–water partition coefficient (Wildman–Crippen LogP) is 2.15. The Morgan fingerprint density at radius 2 is 2.31 bits per heavy atom. The monoisotopic (exact) mass is 249 g/mol. The molecule has 1 aromatic carbocycles. The van der Waals surface area contributed by atoms with Gasteiger partial charge in [0.1, 0.15) is 17.4 Å². The van der Waals surface area contributed by atoms with Crippen molar-refractivity contribution in [2.75, 3.05) is 6.61 Å². The molecule has 7 heteroatoms. The van der Waals surface area contributed by atoms with Crippen LogP contribution >= 0.6 is 11.6 Å². The molecule has 0 spiro atoms. The molecule has 1 aromatic rings. The first-order valence-electron chi connectivity index (χ1n) is 4.36. The van der Waals surface area contributed by atoms with Crippen molar-refractivity contribution in [3.05, 3.63) is 33.1 Å². The molecule has 0 fully saturated rings. The van der Waals surface area contributed by atoms with E-state index >= 15 is 0 Å². The van der Waals surface area contributed by atoms with Gasteiger partial charge in [0.2, 0.25) is 5.75 Å². The highest BCUT2D eigenvalue weighted by Crippen LogP contribution is 2.36. The standard InChI is InChI=1S/C9H9ClFNO4/c1-5(13)4-16-9-7(12(14)15)3-2-6(11)8(9)10/h2-3,5,13H,4H2,1H3. The molecule has 0 aliphatic rings. The average molecular weight is 250 g/mol. The largest absolute Gasteiger partial charge is 0.483 e. The van der Waals surface area contributed by atoms with Gasteiger partial charge in [0.25, 0.3) is 0 Å². The maximum atomic E-state index is 13.1. The highest BCUT2D eigenvalue weighted by Gasteiger charge is 2.22. The van der Waals surface area contributed by atoms with Crippen LogP contribution in [0.1, 0.15) is 6.92 Å². The maximum Gasteiger partial charge on any atom is 0.312 e. The van der Waals surface area contributed by atoms with Crippen molar-refractivity contribution in [1.29, 1.82) is 0 Å². The molecule has 1 N–H and O–H groups in total. The van der Waals surface area contributed by atoms with Crippen LogP contribution in [-0.2, 0) is 0 Å². The molecule has 1 unspecified atom stereocenters. The zero-order chi connectivity index (χ0) is 12.3. The number of hydrogen-bond acceptors (Lipinski definition) is 4. The summed E-state index contributed by atoms with van der Waals surface area (Å²) in [6.07, 6.45) is -0.834. The summed E-state index contributed by atoms with van der Waals surface area (Å²) >= 11 is 5.54. The number of aliphatic hydroxyl groups excluding tert-OH is 1. The van der Waals surface area contributed by atoms with Gasteiger partial charge in [-0.15, -0.1) is 0 Å². The molecule has 5 nitrogen and oxygen atoms in total. The lowest BCUT2D eigenvalue weighted by atomic mass is 10.3. The minimum Gasteiger partial charge on any atom is -0.483 e. The summed E-state index contributed by atoms with van der Waals surface area (Å²) < 4.78 is 18.0. The Morgan fingerprint density at radius 3 is 2.81 bits per heavy atom. The van der Waals surface area contributed by atoms with E-state index in [0.29, 0.717) is 0 Å². The maximum absolute atomic E-state index is 13.1. The van der Waals surface area contributed by atoms with Gasteiger partial charge in [-0.25, -0.2) is 4.39 Å². The number of nitrogens with zero attached hydrogens (tertiary/aromatic N) is 1. The Bertz CT molecular complexity index is 411. The fraction of sp³-hybridized carbons (Fsp3) is 0.333. The fourth-order valence-electron chi connectivity index (χ4n) is 1.01. The molecule has 0 saturated carbocycles. The Hall–Kier alpha value is -1.40. The number of benzene rings is 1. The predicted molar refractivity (Wildman–Crippen MR) is 55.2 cm³/mol. The fourth-order valence-corrected chi connectivity index (χ4v) is 1.22. The van der Waals surface area contributed by atoms with Crippen LogP contribution in [0, 0.1) is 15.9 Å². The second-order valence-corrected chi connectivity index (χ2v) is 3.50. The van der Waals surface area contributed by atoms with Gasteiger partial charge in [-0.3, -0.25) is 10.1 Å². The molecule has 1 rings (SSSR count). The summed E-state index contributed by atoms with van der Waals surface area (Å²) in [6.45, 7) is 1.23. The van der Waals surface area contributed by atoms with E-state index in [4.69, 9.17) is 21.4 Å². The van der Waals surface area contributed by atoms with Crippen molar-refractivity contribution >= 4 is 17.3 Å². The van der Waals surface area contributed by atoms with Crippen molar-refractivity contribution in [2.45, 2.75) is 13.0 Å². The van der Waals surface area contributed by atoms with E-state index in [0.717, 1.165) is 12.1 Å². The summed E-state index contributed by atoms with van der Waals surface area (Å²) in [7, 11) is 0. The second-order valence-electron chi connectivity index (χ2n) is 3.13. The van der Waals surface area contributed by atoms with Crippen molar-refractivity contribution in [1.82, 2.24) is 0 Å². The molecule has 1 atom stereocenters. The first-order chi connectivity index (χ1) is 7.43. The summed E-state index contributed by atoms with van der Waals surface area (Å²) in [5.41, 5.74) is -0.438. The Balaban J connectivity index is 3.11. The van der Waals surface area contributed by atoms with Crippen molar-refractivity contribution in [3.63, 3.8) is 0 Å². The molecule has 0 amide bonds. The number of halogens is 2. The third-order valence-electron chi connectivity index (χ3n) is 1.69. The van der Waals surface area contributed by atoms with Crippen molar-refractivity contribution in [2.24, 2.45) is 0 Å². The van der Waals surface area contributed by atoms with Crippen LogP contribution in [0.2, 0.25) is 5.02 Å². The number of rotatable bonds is 4. The van der Waals surface area contributed by atoms with Gasteiger partial charge in [-0.05, 0) is 13.0 Å². The number of ether oxygens (including phenoxy) is 1.